The number of anilines is 3. The molecule has 51 heavy (non-hydrogen) atoms. The number of carboxylic acids is 4. The van der Waals surface area contributed by atoms with Gasteiger partial charge in [-0.2, -0.15) is 8.78 Å². The Bertz CT molecular complexity index is 1710. The third kappa shape index (κ3) is 18.3. The molecule has 0 fully saturated rings. The molecular weight excluding hydrogens is 711 g/mol. The number of rotatable bonds is 15. The van der Waals surface area contributed by atoms with Gasteiger partial charge < -0.3 is 45.4 Å². The van der Waals surface area contributed by atoms with Crippen molar-refractivity contribution in [2.45, 2.75) is 6.61 Å². The molecule has 1 aromatic heterocycles. The van der Waals surface area contributed by atoms with Crippen molar-refractivity contribution in [2.75, 3.05) is 44.5 Å². The molecule has 1 heterocycles. The van der Waals surface area contributed by atoms with Gasteiger partial charge in [-0.05, 0) is 32.3 Å². The Morgan fingerprint density at radius 2 is 1.47 bits per heavy atom. The average Bonchev–Trinajstić information content (AvgIpc) is 3.04. The van der Waals surface area contributed by atoms with Crippen LogP contribution in [0.5, 0.6) is 5.75 Å². The van der Waals surface area contributed by atoms with E-state index in [1.165, 1.54) is 30.6 Å². The number of fused-ring (bicyclic) bond motifs is 1. The van der Waals surface area contributed by atoms with Gasteiger partial charge in [0.1, 0.15) is 24.5 Å². The summed E-state index contributed by atoms with van der Waals surface area (Å²) in [6.45, 7) is -2.94. The number of carbonyl (C=O) groups excluding carboxylic acids is 1. The minimum absolute atomic E-state index is 0.0625. The molecule has 1 amide bonds. The predicted molar refractivity (Wildman–Crippen MR) is 177 cm³/mol. The average molecular weight is 742 g/mol. The molecule has 274 valence electrons. The highest BCUT2D eigenvalue weighted by Crippen LogP contribution is 2.34. The molecule has 0 aliphatic carbocycles. The minimum atomic E-state index is -2.93. The van der Waals surface area contributed by atoms with Gasteiger partial charge in [-0.25, -0.2) is 33.5 Å². The number of carbonyl (C=O) groups is 5. The van der Waals surface area contributed by atoms with Crippen LogP contribution in [0.15, 0.2) is 73.1 Å². The molecule has 20 heteroatoms. The summed E-state index contributed by atoms with van der Waals surface area (Å²) in [7, 11) is 3.71. The number of nitrogens with zero attached hydrogens (tertiary/aromatic N) is 3. The number of alkyl halides is 2. The number of aromatic nitrogens is 2. The van der Waals surface area contributed by atoms with Crippen LogP contribution in [0.25, 0.3) is 10.9 Å². The number of likely N-dealkylation sites (N-methyl/N-ethyl adjacent to an activating group) is 1. The smallest absolute Gasteiger partial charge is 0.345 e. The van der Waals surface area contributed by atoms with E-state index < -0.39 is 42.2 Å². The van der Waals surface area contributed by atoms with E-state index in [1.54, 1.807) is 18.2 Å². The van der Waals surface area contributed by atoms with Crippen LogP contribution in [-0.4, -0.2) is 106 Å². The SMILES string of the molecule is CN(C)C/C=C/C(=O)Nc1cc2c(Nc3cccc(Cl)c3F)ncnc2cc1OCCOC(F)F.O=C(O)/C=C\C(=O)O.O=C(O)/C=C\C(=O)O. The topological polar surface area (TPSA) is 238 Å². The van der Waals surface area contributed by atoms with Crippen LogP contribution in [0.2, 0.25) is 5.02 Å². The fraction of sp³-hybridized carbons (Fsp3) is 0.194. The standard InChI is InChI=1S/C23H23ClF3N5O3.2C4H4O4/c1-32(2)8-4-7-20(33)30-18-11-14-17(12-19(18)34-9-10-35-23(26)27)28-13-29-22(14)31-16-6-3-5-15(24)21(16)25;2*5-3(6)1-2-4(7)8/h3-7,11-13,23H,8-10H2,1-2H3,(H,30,33)(H,28,29,31);2*1-2H,(H,5,6)(H,7,8)/b7-4+;2*2-1-. The quantitative estimate of drug-likeness (QED) is 0.0942. The zero-order chi connectivity index (χ0) is 38.5. The second-order valence-corrected chi connectivity index (χ2v) is 9.87. The predicted octanol–water partition coefficient (Wildman–Crippen LogP) is 4.26. The van der Waals surface area contributed by atoms with Crippen molar-refractivity contribution in [1.82, 2.24) is 14.9 Å². The lowest BCUT2D eigenvalue weighted by molar-refractivity contribution is -0.134. The largest absolute Gasteiger partial charge is 0.489 e. The van der Waals surface area contributed by atoms with Crippen molar-refractivity contribution in [2.24, 2.45) is 0 Å². The lowest BCUT2D eigenvalue weighted by atomic mass is 10.1. The Morgan fingerprint density at radius 1 is 0.882 bits per heavy atom. The fourth-order valence-corrected chi connectivity index (χ4v) is 3.42. The monoisotopic (exact) mass is 741 g/mol. The molecule has 2 aromatic carbocycles. The molecule has 0 atom stereocenters. The van der Waals surface area contributed by atoms with Crippen molar-refractivity contribution in [3.8, 4) is 5.75 Å². The van der Waals surface area contributed by atoms with Gasteiger partial charge in [-0.15, -0.1) is 0 Å². The molecule has 0 radical (unpaired) electrons. The molecule has 0 aliphatic rings. The number of benzene rings is 2. The summed E-state index contributed by atoms with van der Waals surface area (Å²) in [6.07, 6.45) is 6.52. The van der Waals surface area contributed by atoms with Crippen molar-refractivity contribution < 1.29 is 67.0 Å². The van der Waals surface area contributed by atoms with Gasteiger partial charge in [-0.1, -0.05) is 23.7 Å². The summed E-state index contributed by atoms with van der Waals surface area (Å²) in [5.41, 5.74) is 0.730. The Kier molecular flexibility index (Phi) is 19.0. The summed E-state index contributed by atoms with van der Waals surface area (Å²) >= 11 is 5.86. The van der Waals surface area contributed by atoms with Crippen LogP contribution >= 0.6 is 11.6 Å². The van der Waals surface area contributed by atoms with E-state index in [1.807, 2.05) is 19.0 Å². The molecule has 6 N–H and O–H groups in total. The zero-order valence-corrected chi connectivity index (χ0v) is 27.4. The van der Waals surface area contributed by atoms with Gasteiger partial charge in [0.15, 0.2) is 5.82 Å². The number of carboxylic acid groups (broad SMARTS) is 4. The summed E-state index contributed by atoms with van der Waals surface area (Å²) in [6, 6.07) is 7.54. The molecule has 16 nitrogen and oxygen atoms in total. The molecule has 0 unspecified atom stereocenters. The first kappa shape index (κ1) is 43.0. The second-order valence-electron chi connectivity index (χ2n) is 9.47. The molecule has 0 saturated heterocycles. The van der Waals surface area contributed by atoms with Crippen LogP contribution < -0.4 is 15.4 Å². The Balaban J connectivity index is 0.000000673. The second kappa shape index (κ2) is 22.6. The van der Waals surface area contributed by atoms with E-state index >= 15 is 0 Å². The van der Waals surface area contributed by atoms with E-state index in [9.17, 15) is 37.1 Å². The van der Waals surface area contributed by atoms with Crippen molar-refractivity contribution in [3.05, 3.63) is 84.0 Å². The molecule has 0 saturated carbocycles. The summed E-state index contributed by atoms with van der Waals surface area (Å²) in [5.74, 6) is -5.68. The first-order valence-electron chi connectivity index (χ1n) is 13.9. The lowest BCUT2D eigenvalue weighted by Gasteiger charge is -2.15. The maximum atomic E-state index is 14.4. The fourth-order valence-electron chi connectivity index (χ4n) is 3.25. The van der Waals surface area contributed by atoms with Gasteiger partial charge in [0.2, 0.25) is 5.91 Å². The Hall–Kier alpha value is -6.05. The summed E-state index contributed by atoms with van der Waals surface area (Å²) in [5, 5.41) is 37.2. The van der Waals surface area contributed by atoms with E-state index in [2.05, 4.69) is 25.3 Å². The highest BCUT2D eigenvalue weighted by Gasteiger charge is 2.15. The van der Waals surface area contributed by atoms with Gasteiger partial charge in [0.25, 0.3) is 0 Å². The van der Waals surface area contributed by atoms with Crippen molar-refractivity contribution in [3.63, 3.8) is 0 Å². The van der Waals surface area contributed by atoms with E-state index in [0.29, 0.717) is 41.8 Å². The van der Waals surface area contributed by atoms with Crippen LogP contribution in [0.1, 0.15) is 0 Å². The van der Waals surface area contributed by atoms with Gasteiger partial charge in [0, 0.05) is 48.4 Å². The molecule has 3 aromatic rings. The summed E-state index contributed by atoms with van der Waals surface area (Å²) in [4.78, 5) is 60.9. The van der Waals surface area contributed by atoms with Crippen LogP contribution in [0, 0.1) is 5.82 Å². The van der Waals surface area contributed by atoms with E-state index in [0.717, 1.165) is 0 Å². The zero-order valence-electron chi connectivity index (χ0n) is 26.6. The third-order valence-electron chi connectivity index (χ3n) is 5.26. The van der Waals surface area contributed by atoms with Crippen LogP contribution in [-0.2, 0) is 28.7 Å². The highest BCUT2D eigenvalue weighted by molar-refractivity contribution is 6.31. The number of aliphatic carboxylic acids is 4. The lowest BCUT2D eigenvalue weighted by Crippen LogP contribution is -2.14. The summed E-state index contributed by atoms with van der Waals surface area (Å²) < 4.78 is 48.7. The Labute approximate surface area is 292 Å². The van der Waals surface area contributed by atoms with Crippen LogP contribution in [0.4, 0.5) is 30.4 Å². The first-order chi connectivity index (χ1) is 24.0. The molecular formula is C31H31ClF3N5O11. The van der Waals surface area contributed by atoms with Crippen LogP contribution in [0.3, 0.4) is 0 Å². The number of nitrogens with one attached hydrogen (secondary N) is 2. The molecule has 0 bridgehead atoms. The van der Waals surface area contributed by atoms with E-state index in [4.69, 9.17) is 36.8 Å². The number of hydrogen-bond acceptors (Lipinski definition) is 11. The normalized spacial score (nSPS) is 10.9. The number of halogens is 4. The number of amides is 1. The molecule has 0 spiro atoms. The first-order valence-corrected chi connectivity index (χ1v) is 14.3. The highest BCUT2D eigenvalue weighted by atomic mass is 35.5. The van der Waals surface area contributed by atoms with Gasteiger partial charge in [0.05, 0.1) is 28.5 Å². The van der Waals surface area contributed by atoms with Crippen molar-refractivity contribution in [1.29, 1.82) is 0 Å². The molecule has 0 aliphatic heterocycles. The van der Waals surface area contributed by atoms with Gasteiger partial charge in [-0.3, -0.25) is 4.79 Å². The van der Waals surface area contributed by atoms with Crippen molar-refractivity contribution >= 4 is 69.5 Å². The third-order valence-corrected chi connectivity index (χ3v) is 5.55. The molecule has 3 rings (SSSR count). The maximum Gasteiger partial charge on any atom is 0.345 e. The number of hydrogen-bond donors (Lipinski definition) is 6. The Morgan fingerprint density at radius 3 is 2.00 bits per heavy atom. The van der Waals surface area contributed by atoms with E-state index in [-0.39, 0.29) is 41.2 Å². The maximum absolute atomic E-state index is 14.4. The minimum Gasteiger partial charge on any atom is -0.489 e. The van der Waals surface area contributed by atoms with Gasteiger partial charge >= 0.3 is 30.5 Å². The number of ether oxygens (including phenoxy) is 2.